The Balaban J connectivity index is 2.16. The second-order valence-electron chi connectivity index (χ2n) is 4.12. The summed E-state index contributed by atoms with van der Waals surface area (Å²) in [5, 5.41) is 10.6. The van der Waals surface area contributed by atoms with Crippen LogP contribution in [-0.2, 0) is 0 Å². The maximum Gasteiger partial charge on any atom is 0.232 e. The first-order valence-corrected chi connectivity index (χ1v) is 6.47. The maximum atomic E-state index is 12.3. The molecule has 0 radical (unpaired) electrons. The molecule has 1 heterocycles. The van der Waals surface area contributed by atoms with E-state index in [1.807, 2.05) is 6.07 Å². The summed E-state index contributed by atoms with van der Waals surface area (Å²) in [6.45, 7) is 0. The SMILES string of the molecule is O=C(c1ccccc1)c1oc2ccc(Br)cc2c1O. The molecule has 4 heteroatoms. The summed E-state index contributed by atoms with van der Waals surface area (Å²) in [6, 6.07) is 14.0. The molecule has 0 aliphatic carbocycles. The number of furan rings is 1. The highest BCUT2D eigenvalue weighted by Crippen LogP contribution is 2.34. The van der Waals surface area contributed by atoms with Gasteiger partial charge in [-0.1, -0.05) is 46.3 Å². The third-order valence-corrected chi connectivity index (χ3v) is 3.36. The van der Waals surface area contributed by atoms with Crippen molar-refractivity contribution in [3.05, 3.63) is 64.3 Å². The van der Waals surface area contributed by atoms with Crippen LogP contribution in [-0.4, -0.2) is 10.9 Å². The summed E-state index contributed by atoms with van der Waals surface area (Å²) in [4.78, 5) is 12.3. The monoisotopic (exact) mass is 316 g/mol. The number of aromatic hydroxyl groups is 1. The predicted octanol–water partition coefficient (Wildman–Crippen LogP) is 4.13. The molecule has 0 bridgehead atoms. The molecule has 19 heavy (non-hydrogen) atoms. The van der Waals surface area contributed by atoms with E-state index in [0.717, 1.165) is 4.47 Å². The van der Waals surface area contributed by atoms with Gasteiger partial charge in [-0.2, -0.15) is 0 Å². The molecule has 0 saturated carbocycles. The van der Waals surface area contributed by atoms with E-state index in [0.29, 0.717) is 16.5 Å². The van der Waals surface area contributed by atoms with Crippen molar-refractivity contribution in [1.29, 1.82) is 0 Å². The van der Waals surface area contributed by atoms with E-state index in [1.165, 1.54) is 0 Å². The first kappa shape index (κ1) is 12.0. The molecule has 0 saturated heterocycles. The van der Waals surface area contributed by atoms with Gasteiger partial charge in [0.15, 0.2) is 5.75 Å². The molecule has 2 aromatic carbocycles. The lowest BCUT2D eigenvalue weighted by atomic mass is 10.1. The highest BCUT2D eigenvalue weighted by atomic mass is 79.9. The fourth-order valence-electron chi connectivity index (χ4n) is 1.93. The summed E-state index contributed by atoms with van der Waals surface area (Å²) < 4.78 is 6.26. The number of halogens is 1. The average molecular weight is 317 g/mol. The van der Waals surface area contributed by atoms with E-state index in [4.69, 9.17) is 4.42 Å². The quantitative estimate of drug-likeness (QED) is 0.723. The minimum atomic E-state index is -0.328. The van der Waals surface area contributed by atoms with Crippen molar-refractivity contribution in [2.24, 2.45) is 0 Å². The summed E-state index contributed by atoms with van der Waals surface area (Å²) in [5.41, 5.74) is 0.968. The van der Waals surface area contributed by atoms with E-state index in [9.17, 15) is 9.90 Å². The molecule has 3 nitrogen and oxygen atoms in total. The fourth-order valence-corrected chi connectivity index (χ4v) is 2.29. The number of hydrogen-bond acceptors (Lipinski definition) is 3. The van der Waals surface area contributed by atoms with E-state index in [1.54, 1.807) is 42.5 Å². The van der Waals surface area contributed by atoms with Crippen LogP contribution >= 0.6 is 15.9 Å². The Bertz CT molecular complexity index is 760. The second-order valence-corrected chi connectivity index (χ2v) is 5.03. The van der Waals surface area contributed by atoms with Gasteiger partial charge in [-0.25, -0.2) is 0 Å². The minimum Gasteiger partial charge on any atom is -0.504 e. The van der Waals surface area contributed by atoms with Crippen LogP contribution in [0.2, 0.25) is 0 Å². The number of hydrogen-bond donors (Lipinski definition) is 1. The topological polar surface area (TPSA) is 50.4 Å². The second kappa shape index (κ2) is 4.55. The van der Waals surface area contributed by atoms with Gasteiger partial charge in [0.25, 0.3) is 0 Å². The van der Waals surface area contributed by atoms with Crippen LogP contribution in [0, 0.1) is 0 Å². The van der Waals surface area contributed by atoms with E-state index < -0.39 is 0 Å². The Hall–Kier alpha value is -2.07. The Morgan fingerprint density at radius 2 is 1.84 bits per heavy atom. The van der Waals surface area contributed by atoms with Gasteiger partial charge in [0.05, 0.1) is 5.39 Å². The zero-order valence-electron chi connectivity index (χ0n) is 9.76. The van der Waals surface area contributed by atoms with E-state index in [2.05, 4.69) is 15.9 Å². The van der Waals surface area contributed by atoms with Crippen molar-refractivity contribution in [1.82, 2.24) is 0 Å². The van der Waals surface area contributed by atoms with Crippen LogP contribution < -0.4 is 0 Å². The molecule has 1 aromatic heterocycles. The van der Waals surface area contributed by atoms with Crippen molar-refractivity contribution in [3.8, 4) is 5.75 Å². The molecule has 0 spiro atoms. The van der Waals surface area contributed by atoms with Gasteiger partial charge in [-0.05, 0) is 18.2 Å². The fraction of sp³-hybridized carbons (Fsp3) is 0. The molecule has 3 rings (SSSR count). The van der Waals surface area contributed by atoms with Gasteiger partial charge in [-0.3, -0.25) is 4.79 Å². The molecule has 3 aromatic rings. The summed E-state index contributed by atoms with van der Waals surface area (Å²) in [7, 11) is 0. The molecule has 1 N–H and O–H groups in total. The largest absolute Gasteiger partial charge is 0.504 e. The van der Waals surface area contributed by atoms with Crippen LogP contribution in [0.15, 0.2) is 57.4 Å². The molecule has 0 aliphatic rings. The number of carbonyl (C=O) groups excluding carboxylic acids is 1. The van der Waals surface area contributed by atoms with Crippen molar-refractivity contribution in [2.75, 3.05) is 0 Å². The van der Waals surface area contributed by atoms with Gasteiger partial charge in [-0.15, -0.1) is 0 Å². The molecular formula is C15H9BrO3. The Morgan fingerprint density at radius 3 is 2.58 bits per heavy atom. The van der Waals surface area contributed by atoms with Crippen LogP contribution in [0.25, 0.3) is 11.0 Å². The molecule has 0 amide bonds. The molecule has 0 aliphatic heterocycles. The highest BCUT2D eigenvalue weighted by molar-refractivity contribution is 9.10. The zero-order valence-corrected chi connectivity index (χ0v) is 11.3. The van der Waals surface area contributed by atoms with Gasteiger partial charge < -0.3 is 9.52 Å². The zero-order chi connectivity index (χ0) is 13.4. The van der Waals surface area contributed by atoms with Crippen LogP contribution in [0.3, 0.4) is 0 Å². The first-order chi connectivity index (χ1) is 9.16. The van der Waals surface area contributed by atoms with Crippen molar-refractivity contribution >= 4 is 32.7 Å². The standard InChI is InChI=1S/C15H9BrO3/c16-10-6-7-12-11(8-10)14(18)15(19-12)13(17)9-4-2-1-3-5-9/h1-8,18H. The highest BCUT2D eigenvalue weighted by Gasteiger charge is 2.21. The average Bonchev–Trinajstić information content (AvgIpc) is 2.76. The van der Waals surface area contributed by atoms with Gasteiger partial charge in [0, 0.05) is 10.0 Å². The van der Waals surface area contributed by atoms with Gasteiger partial charge in [0.2, 0.25) is 11.5 Å². The van der Waals surface area contributed by atoms with Crippen molar-refractivity contribution < 1.29 is 14.3 Å². The number of fused-ring (bicyclic) bond motifs is 1. The maximum absolute atomic E-state index is 12.3. The molecule has 0 atom stereocenters. The molecule has 0 unspecified atom stereocenters. The number of rotatable bonds is 2. The Kier molecular flexibility index (Phi) is 2.87. The lowest BCUT2D eigenvalue weighted by Gasteiger charge is -1.97. The summed E-state index contributed by atoms with van der Waals surface area (Å²) in [5.74, 6) is -0.477. The first-order valence-electron chi connectivity index (χ1n) is 5.67. The normalized spacial score (nSPS) is 10.8. The number of carbonyl (C=O) groups is 1. The molecule has 0 fully saturated rings. The molecular weight excluding hydrogens is 308 g/mol. The Morgan fingerprint density at radius 1 is 1.11 bits per heavy atom. The van der Waals surface area contributed by atoms with Gasteiger partial charge in [0.1, 0.15) is 5.58 Å². The van der Waals surface area contributed by atoms with Crippen molar-refractivity contribution in [2.45, 2.75) is 0 Å². The van der Waals surface area contributed by atoms with Crippen molar-refractivity contribution in [3.63, 3.8) is 0 Å². The van der Waals surface area contributed by atoms with Crippen LogP contribution in [0.5, 0.6) is 5.75 Å². The lowest BCUT2D eigenvalue weighted by Crippen LogP contribution is -1.99. The van der Waals surface area contributed by atoms with E-state index >= 15 is 0 Å². The third-order valence-electron chi connectivity index (χ3n) is 2.87. The van der Waals surface area contributed by atoms with E-state index in [-0.39, 0.29) is 17.3 Å². The third kappa shape index (κ3) is 2.04. The molecule has 94 valence electrons. The predicted molar refractivity (Wildman–Crippen MR) is 75.5 cm³/mol. The van der Waals surface area contributed by atoms with Crippen LogP contribution in [0.4, 0.5) is 0 Å². The number of ketones is 1. The summed E-state index contributed by atoms with van der Waals surface area (Å²) in [6.07, 6.45) is 0. The smallest absolute Gasteiger partial charge is 0.232 e. The lowest BCUT2D eigenvalue weighted by molar-refractivity contribution is 0.101. The summed E-state index contributed by atoms with van der Waals surface area (Å²) >= 11 is 3.32. The van der Waals surface area contributed by atoms with Gasteiger partial charge >= 0.3 is 0 Å². The number of benzene rings is 2. The minimum absolute atomic E-state index is 0.0284. The van der Waals surface area contributed by atoms with Crippen LogP contribution in [0.1, 0.15) is 16.1 Å². The Labute approximate surface area is 117 Å².